The van der Waals surface area contributed by atoms with E-state index in [0.29, 0.717) is 5.56 Å². The van der Waals surface area contributed by atoms with E-state index in [2.05, 4.69) is 4.98 Å². The molecule has 3 aromatic rings. The van der Waals surface area contributed by atoms with Crippen molar-refractivity contribution < 1.29 is 9.53 Å². The van der Waals surface area contributed by atoms with E-state index < -0.39 is 17.2 Å². The maximum absolute atomic E-state index is 13.4. The molecule has 3 N–H and O–H groups in total. The van der Waals surface area contributed by atoms with Gasteiger partial charge in [0.2, 0.25) is 0 Å². The highest BCUT2D eigenvalue weighted by atomic mass is 16.5. The van der Waals surface area contributed by atoms with E-state index in [9.17, 15) is 14.4 Å². The molecule has 8 nitrogen and oxygen atoms in total. The van der Waals surface area contributed by atoms with Crippen LogP contribution in [0.3, 0.4) is 0 Å². The third-order valence-corrected chi connectivity index (χ3v) is 4.73. The van der Waals surface area contributed by atoms with E-state index >= 15 is 0 Å². The molecule has 0 aliphatic carbocycles. The molecule has 1 aromatic heterocycles. The Kier molecular flexibility index (Phi) is 6.48. The van der Waals surface area contributed by atoms with Gasteiger partial charge in [-0.2, -0.15) is 0 Å². The van der Waals surface area contributed by atoms with Crippen LogP contribution in [0.1, 0.15) is 21.5 Å². The van der Waals surface area contributed by atoms with Gasteiger partial charge in [0.05, 0.1) is 19.7 Å². The number of benzene rings is 2. The Morgan fingerprint density at radius 3 is 2.40 bits per heavy atom. The standard InChI is InChI=1S/C22H24N4O4/c1-15-8-10-17(11-9-15)21(28)26(14-16-6-4-3-5-7-16)18-19(23)25(12-13-30-2)22(29)24-20(18)27/h3-11H,12-14,23H2,1-2H3,(H,24,27,29). The molecule has 2 aromatic carbocycles. The minimum atomic E-state index is -0.720. The molecule has 3 rings (SSSR count). The predicted molar refractivity (Wildman–Crippen MR) is 116 cm³/mol. The van der Waals surface area contributed by atoms with Crippen LogP contribution in [0.2, 0.25) is 0 Å². The van der Waals surface area contributed by atoms with Gasteiger partial charge in [-0.1, -0.05) is 48.0 Å². The number of nitrogens with one attached hydrogen (secondary N) is 1. The highest BCUT2D eigenvalue weighted by Gasteiger charge is 2.25. The molecule has 0 spiro atoms. The van der Waals surface area contributed by atoms with Crippen LogP contribution in [0.25, 0.3) is 0 Å². The number of ether oxygens (including phenoxy) is 1. The Hall–Kier alpha value is -3.65. The number of nitrogens with two attached hydrogens (primary N) is 1. The van der Waals surface area contributed by atoms with Crippen molar-refractivity contribution in [2.45, 2.75) is 20.0 Å². The number of aryl methyl sites for hydroxylation is 1. The van der Waals surface area contributed by atoms with Gasteiger partial charge in [-0.3, -0.25) is 24.0 Å². The molecule has 8 heteroatoms. The number of hydrogen-bond donors (Lipinski definition) is 2. The second-order valence-electron chi connectivity index (χ2n) is 6.88. The summed E-state index contributed by atoms with van der Waals surface area (Å²) in [5.74, 6) is -0.481. The summed E-state index contributed by atoms with van der Waals surface area (Å²) in [4.78, 5) is 41.9. The van der Waals surface area contributed by atoms with Gasteiger partial charge < -0.3 is 10.5 Å². The SMILES string of the molecule is COCCn1c(N)c(N(Cc2ccccc2)C(=O)c2ccc(C)cc2)c(=O)[nH]c1=O. The number of aromatic nitrogens is 2. The molecule has 0 unspecified atom stereocenters. The van der Waals surface area contributed by atoms with Gasteiger partial charge in [0.15, 0.2) is 5.69 Å². The first-order valence-electron chi connectivity index (χ1n) is 9.46. The van der Waals surface area contributed by atoms with Gasteiger partial charge in [0, 0.05) is 12.7 Å². The zero-order chi connectivity index (χ0) is 21.7. The summed E-state index contributed by atoms with van der Waals surface area (Å²) in [6.07, 6.45) is 0. The second kappa shape index (κ2) is 9.23. The average molecular weight is 408 g/mol. The lowest BCUT2D eigenvalue weighted by molar-refractivity contribution is 0.0984. The third kappa shape index (κ3) is 4.49. The number of aromatic amines is 1. The van der Waals surface area contributed by atoms with Crippen LogP contribution in [0.4, 0.5) is 11.5 Å². The van der Waals surface area contributed by atoms with Gasteiger partial charge in [-0.05, 0) is 24.6 Å². The van der Waals surface area contributed by atoms with E-state index in [-0.39, 0.29) is 31.2 Å². The molecule has 0 atom stereocenters. The topological polar surface area (TPSA) is 110 Å². The van der Waals surface area contributed by atoms with E-state index in [1.54, 1.807) is 12.1 Å². The maximum atomic E-state index is 13.4. The molecule has 0 saturated heterocycles. The average Bonchev–Trinajstić information content (AvgIpc) is 2.73. The van der Waals surface area contributed by atoms with Crippen molar-refractivity contribution in [3.63, 3.8) is 0 Å². The molecule has 0 aliphatic heterocycles. The normalized spacial score (nSPS) is 10.7. The molecule has 0 aliphatic rings. The number of rotatable bonds is 7. The quantitative estimate of drug-likeness (QED) is 0.621. The van der Waals surface area contributed by atoms with Crippen LogP contribution < -0.4 is 21.9 Å². The van der Waals surface area contributed by atoms with Gasteiger partial charge in [-0.25, -0.2) is 4.79 Å². The summed E-state index contributed by atoms with van der Waals surface area (Å²) in [7, 11) is 1.50. The molecule has 30 heavy (non-hydrogen) atoms. The number of nitrogen functional groups attached to an aromatic ring is 1. The molecule has 0 saturated carbocycles. The Bertz CT molecular complexity index is 1130. The predicted octanol–water partition coefficient (Wildman–Crippen LogP) is 1.92. The third-order valence-electron chi connectivity index (χ3n) is 4.73. The van der Waals surface area contributed by atoms with Crippen molar-refractivity contribution in [1.29, 1.82) is 0 Å². The summed E-state index contributed by atoms with van der Waals surface area (Å²) >= 11 is 0. The van der Waals surface area contributed by atoms with Crippen molar-refractivity contribution in [2.24, 2.45) is 0 Å². The Balaban J connectivity index is 2.14. The van der Waals surface area contributed by atoms with E-state index in [1.807, 2.05) is 49.4 Å². The summed E-state index contributed by atoms with van der Waals surface area (Å²) in [5.41, 5.74) is 7.00. The van der Waals surface area contributed by atoms with E-state index in [4.69, 9.17) is 10.5 Å². The first-order valence-corrected chi connectivity index (χ1v) is 9.46. The van der Waals surface area contributed by atoms with Crippen molar-refractivity contribution >= 4 is 17.4 Å². The zero-order valence-corrected chi connectivity index (χ0v) is 16.9. The molecular formula is C22H24N4O4. The maximum Gasteiger partial charge on any atom is 0.330 e. The number of H-pyrrole nitrogens is 1. The van der Waals surface area contributed by atoms with E-state index in [1.165, 1.54) is 16.6 Å². The number of amides is 1. The lowest BCUT2D eigenvalue weighted by atomic mass is 10.1. The summed E-state index contributed by atoms with van der Waals surface area (Å²) in [6.45, 7) is 2.40. The second-order valence-corrected chi connectivity index (χ2v) is 6.88. The van der Waals surface area contributed by atoms with Gasteiger partial charge >= 0.3 is 5.69 Å². The van der Waals surface area contributed by atoms with Crippen molar-refractivity contribution in [3.8, 4) is 0 Å². The molecular weight excluding hydrogens is 384 g/mol. The Morgan fingerprint density at radius 1 is 1.10 bits per heavy atom. The summed E-state index contributed by atoms with van der Waals surface area (Å²) in [6, 6.07) is 16.3. The first-order chi connectivity index (χ1) is 14.4. The van der Waals surface area contributed by atoms with Crippen LogP contribution in [0.5, 0.6) is 0 Å². The summed E-state index contributed by atoms with van der Waals surface area (Å²) in [5, 5.41) is 0. The monoisotopic (exact) mass is 408 g/mol. The fourth-order valence-electron chi connectivity index (χ4n) is 3.11. The molecule has 0 bridgehead atoms. The van der Waals surface area contributed by atoms with Crippen LogP contribution in [0.15, 0.2) is 64.2 Å². The zero-order valence-electron chi connectivity index (χ0n) is 16.9. The highest BCUT2D eigenvalue weighted by Crippen LogP contribution is 2.22. The van der Waals surface area contributed by atoms with Crippen molar-refractivity contribution in [1.82, 2.24) is 9.55 Å². The van der Waals surface area contributed by atoms with E-state index in [0.717, 1.165) is 11.1 Å². The van der Waals surface area contributed by atoms with Crippen LogP contribution in [-0.2, 0) is 17.8 Å². The van der Waals surface area contributed by atoms with Gasteiger partial charge in [0.1, 0.15) is 5.82 Å². The minimum absolute atomic E-state index is 0.0693. The largest absolute Gasteiger partial charge is 0.383 e. The number of methoxy groups -OCH3 is 1. The Morgan fingerprint density at radius 2 is 1.77 bits per heavy atom. The van der Waals surface area contributed by atoms with Gasteiger partial charge in [0.25, 0.3) is 11.5 Å². The number of hydrogen-bond acceptors (Lipinski definition) is 5. The molecule has 156 valence electrons. The van der Waals surface area contributed by atoms with Crippen LogP contribution in [0, 0.1) is 6.92 Å². The summed E-state index contributed by atoms with van der Waals surface area (Å²) < 4.78 is 6.22. The molecule has 1 heterocycles. The van der Waals surface area contributed by atoms with Gasteiger partial charge in [-0.15, -0.1) is 0 Å². The lowest BCUT2D eigenvalue weighted by Crippen LogP contribution is -2.41. The molecule has 0 radical (unpaired) electrons. The number of nitrogens with zero attached hydrogens (tertiary/aromatic N) is 2. The number of anilines is 2. The highest BCUT2D eigenvalue weighted by molar-refractivity contribution is 6.07. The minimum Gasteiger partial charge on any atom is -0.383 e. The number of carbonyl (C=O) groups is 1. The van der Waals surface area contributed by atoms with Crippen LogP contribution in [-0.4, -0.2) is 29.2 Å². The fourth-order valence-corrected chi connectivity index (χ4v) is 3.11. The lowest BCUT2D eigenvalue weighted by Gasteiger charge is -2.25. The molecule has 1 amide bonds. The first kappa shape index (κ1) is 21.1. The number of carbonyl (C=O) groups excluding carboxylic acids is 1. The fraction of sp³-hybridized carbons (Fsp3) is 0.227. The Labute approximate surface area is 173 Å². The van der Waals surface area contributed by atoms with Crippen molar-refractivity contribution in [2.75, 3.05) is 24.4 Å². The molecule has 0 fully saturated rings. The smallest absolute Gasteiger partial charge is 0.330 e. The van der Waals surface area contributed by atoms with Crippen molar-refractivity contribution in [3.05, 3.63) is 92.1 Å². The van der Waals surface area contributed by atoms with Crippen LogP contribution >= 0.6 is 0 Å².